The Morgan fingerprint density at radius 1 is 1.27 bits per heavy atom. The Bertz CT molecular complexity index is 572. The molecule has 118 valence electrons. The van der Waals surface area contributed by atoms with E-state index in [1.54, 1.807) is 11.8 Å². The van der Waals surface area contributed by atoms with Crippen LogP contribution in [-0.2, 0) is 4.79 Å². The lowest BCUT2D eigenvalue weighted by molar-refractivity contribution is -0.119. The Balaban J connectivity index is 1.32. The minimum Gasteiger partial charge on any atom is -0.486 e. The molecule has 5 nitrogen and oxygen atoms in total. The van der Waals surface area contributed by atoms with E-state index < -0.39 is 0 Å². The molecule has 6 heteroatoms. The summed E-state index contributed by atoms with van der Waals surface area (Å²) in [6.45, 7) is 3.47. The second-order valence-electron chi connectivity index (χ2n) is 6.13. The third kappa shape index (κ3) is 2.77. The number of nitrogens with one attached hydrogen (secondary N) is 1. The maximum Gasteiger partial charge on any atom is 0.231 e. The number of para-hydroxylation sites is 2. The van der Waals surface area contributed by atoms with E-state index in [-0.39, 0.29) is 16.9 Å². The largest absolute Gasteiger partial charge is 0.486 e. The van der Waals surface area contributed by atoms with E-state index in [0.717, 1.165) is 44.0 Å². The van der Waals surface area contributed by atoms with Gasteiger partial charge in [-0.25, -0.2) is 0 Å². The molecule has 2 fully saturated rings. The quantitative estimate of drug-likeness (QED) is 0.894. The highest BCUT2D eigenvalue weighted by Crippen LogP contribution is 2.37. The highest BCUT2D eigenvalue weighted by molar-refractivity contribution is 8.01. The zero-order chi connectivity index (χ0) is 15.0. The van der Waals surface area contributed by atoms with E-state index in [0.29, 0.717) is 12.4 Å². The fourth-order valence-corrected chi connectivity index (χ4v) is 4.47. The van der Waals surface area contributed by atoms with Crippen LogP contribution in [0.5, 0.6) is 11.5 Å². The van der Waals surface area contributed by atoms with Crippen molar-refractivity contribution >= 4 is 17.7 Å². The summed E-state index contributed by atoms with van der Waals surface area (Å²) in [5.41, 5.74) is 0. The van der Waals surface area contributed by atoms with E-state index in [4.69, 9.17) is 9.47 Å². The Morgan fingerprint density at radius 3 is 2.77 bits per heavy atom. The second-order valence-corrected chi connectivity index (χ2v) is 7.49. The van der Waals surface area contributed by atoms with Gasteiger partial charge in [-0.1, -0.05) is 12.1 Å². The van der Waals surface area contributed by atoms with Crippen molar-refractivity contribution in [2.24, 2.45) is 0 Å². The van der Waals surface area contributed by atoms with Gasteiger partial charge in [0.1, 0.15) is 12.7 Å². The van der Waals surface area contributed by atoms with Crippen LogP contribution in [0.1, 0.15) is 12.8 Å². The van der Waals surface area contributed by atoms with Crippen LogP contribution >= 0.6 is 11.8 Å². The van der Waals surface area contributed by atoms with E-state index in [1.165, 1.54) is 0 Å². The molecule has 0 radical (unpaired) electrons. The van der Waals surface area contributed by atoms with Gasteiger partial charge < -0.3 is 14.8 Å². The van der Waals surface area contributed by atoms with Gasteiger partial charge >= 0.3 is 0 Å². The summed E-state index contributed by atoms with van der Waals surface area (Å²) in [4.78, 5) is 13.9. The van der Waals surface area contributed by atoms with Gasteiger partial charge in [-0.05, 0) is 25.0 Å². The first kappa shape index (κ1) is 14.2. The first-order valence-corrected chi connectivity index (χ1v) is 8.77. The van der Waals surface area contributed by atoms with Crippen LogP contribution in [-0.4, -0.2) is 53.8 Å². The van der Waals surface area contributed by atoms with Crippen molar-refractivity contribution in [2.75, 3.05) is 32.0 Å². The molecule has 1 atom stereocenters. The smallest absolute Gasteiger partial charge is 0.231 e. The lowest BCUT2D eigenvalue weighted by Gasteiger charge is -2.40. The normalized spacial score (nSPS) is 26.9. The average Bonchev–Trinajstić information content (AvgIpc) is 2.91. The summed E-state index contributed by atoms with van der Waals surface area (Å²) < 4.78 is 11.8. The van der Waals surface area contributed by atoms with Crippen molar-refractivity contribution in [3.05, 3.63) is 24.3 Å². The number of likely N-dealkylation sites (tertiary alicyclic amines) is 1. The van der Waals surface area contributed by atoms with Gasteiger partial charge in [-0.3, -0.25) is 9.69 Å². The molecule has 0 aromatic heterocycles. The van der Waals surface area contributed by atoms with Crippen LogP contribution in [0.2, 0.25) is 0 Å². The lowest BCUT2D eigenvalue weighted by atomic mass is 10.0. The summed E-state index contributed by atoms with van der Waals surface area (Å²) in [5, 5.41) is 3.15. The number of piperidine rings is 1. The molecule has 1 unspecified atom stereocenters. The van der Waals surface area contributed by atoms with Crippen molar-refractivity contribution in [1.29, 1.82) is 0 Å². The molecule has 1 amide bonds. The van der Waals surface area contributed by atoms with Crippen LogP contribution in [0.15, 0.2) is 24.3 Å². The Kier molecular flexibility index (Phi) is 3.66. The Morgan fingerprint density at radius 2 is 2.05 bits per heavy atom. The third-order valence-electron chi connectivity index (χ3n) is 4.54. The molecule has 0 aliphatic carbocycles. The van der Waals surface area contributed by atoms with Crippen LogP contribution in [0, 0.1) is 0 Å². The topological polar surface area (TPSA) is 50.8 Å². The molecule has 1 aromatic carbocycles. The lowest BCUT2D eigenvalue weighted by Crippen LogP contribution is -2.52. The summed E-state index contributed by atoms with van der Waals surface area (Å²) in [6, 6.07) is 7.82. The van der Waals surface area contributed by atoms with Crippen molar-refractivity contribution in [3.63, 3.8) is 0 Å². The Labute approximate surface area is 134 Å². The first-order chi connectivity index (χ1) is 10.7. The number of fused-ring (bicyclic) bond motifs is 1. The predicted molar refractivity (Wildman–Crippen MR) is 85.4 cm³/mol. The zero-order valence-electron chi connectivity index (χ0n) is 12.4. The van der Waals surface area contributed by atoms with Gasteiger partial charge in [-0.2, -0.15) is 0 Å². The molecule has 22 heavy (non-hydrogen) atoms. The monoisotopic (exact) mass is 320 g/mol. The maximum absolute atomic E-state index is 11.4. The number of thioether (sulfide) groups is 1. The average molecular weight is 320 g/mol. The molecule has 1 N–H and O–H groups in total. The minimum absolute atomic E-state index is 0.00982. The predicted octanol–water partition coefficient (Wildman–Crippen LogP) is 1.48. The number of carbonyl (C=O) groups is 1. The van der Waals surface area contributed by atoms with Crippen molar-refractivity contribution in [1.82, 2.24) is 10.2 Å². The van der Waals surface area contributed by atoms with Gasteiger partial charge in [0.15, 0.2) is 11.5 Å². The molecule has 3 aliphatic heterocycles. The number of hydrogen-bond acceptors (Lipinski definition) is 5. The second kappa shape index (κ2) is 5.66. The first-order valence-electron chi connectivity index (χ1n) is 7.78. The van der Waals surface area contributed by atoms with E-state index in [9.17, 15) is 4.79 Å². The van der Waals surface area contributed by atoms with E-state index in [1.807, 2.05) is 24.3 Å². The molecule has 2 saturated heterocycles. The summed E-state index contributed by atoms with van der Waals surface area (Å²) in [6.07, 6.45) is 2.09. The van der Waals surface area contributed by atoms with Gasteiger partial charge in [-0.15, -0.1) is 11.8 Å². The SMILES string of the molecule is O=C1CSC2(CCN(CC3COc4ccccc4O3)CC2)N1. The van der Waals surface area contributed by atoms with E-state index >= 15 is 0 Å². The van der Waals surface area contributed by atoms with Crippen LogP contribution in [0.25, 0.3) is 0 Å². The zero-order valence-corrected chi connectivity index (χ0v) is 13.2. The Hall–Kier alpha value is -1.40. The van der Waals surface area contributed by atoms with Gasteiger partial charge in [0.2, 0.25) is 5.91 Å². The molecule has 0 saturated carbocycles. The molecule has 1 aromatic rings. The number of amides is 1. The minimum atomic E-state index is -0.00982. The fraction of sp³-hybridized carbons (Fsp3) is 0.562. The molecular weight excluding hydrogens is 300 g/mol. The van der Waals surface area contributed by atoms with Gasteiger partial charge in [0.25, 0.3) is 0 Å². The van der Waals surface area contributed by atoms with Crippen molar-refractivity contribution < 1.29 is 14.3 Å². The van der Waals surface area contributed by atoms with Crippen molar-refractivity contribution in [2.45, 2.75) is 23.8 Å². The van der Waals surface area contributed by atoms with Crippen LogP contribution in [0.4, 0.5) is 0 Å². The van der Waals surface area contributed by atoms with Gasteiger partial charge in [0.05, 0.1) is 10.6 Å². The van der Waals surface area contributed by atoms with Crippen LogP contribution < -0.4 is 14.8 Å². The third-order valence-corrected chi connectivity index (χ3v) is 6.01. The number of benzene rings is 1. The van der Waals surface area contributed by atoms with E-state index in [2.05, 4.69) is 10.2 Å². The van der Waals surface area contributed by atoms with Crippen LogP contribution in [0.3, 0.4) is 0 Å². The summed E-state index contributed by atoms with van der Waals surface area (Å²) in [7, 11) is 0. The number of nitrogens with zero attached hydrogens (tertiary/aromatic N) is 1. The van der Waals surface area contributed by atoms with Gasteiger partial charge in [0, 0.05) is 19.6 Å². The molecule has 1 spiro atoms. The standard InChI is InChI=1S/C16H20N2O3S/c19-15-11-22-16(17-15)5-7-18(8-6-16)9-12-10-20-13-3-1-2-4-14(13)21-12/h1-4,12H,5-11H2,(H,17,19). The highest BCUT2D eigenvalue weighted by atomic mass is 32.2. The number of rotatable bonds is 2. The maximum atomic E-state index is 11.4. The molecule has 4 rings (SSSR count). The summed E-state index contributed by atoms with van der Waals surface area (Å²) >= 11 is 1.77. The molecular formula is C16H20N2O3S. The highest BCUT2D eigenvalue weighted by Gasteiger charge is 2.41. The fourth-order valence-electron chi connectivity index (χ4n) is 3.34. The molecule has 3 aliphatic rings. The number of carbonyl (C=O) groups excluding carboxylic acids is 1. The molecule has 0 bridgehead atoms. The summed E-state index contributed by atoms with van der Waals surface area (Å²) in [5.74, 6) is 2.46. The number of hydrogen-bond donors (Lipinski definition) is 1. The molecule has 3 heterocycles. The number of ether oxygens (including phenoxy) is 2. The van der Waals surface area contributed by atoms with Crippen molar-refractivity contribution in [3.8, 4) is 11.5 Å².